The maximum atomic E-state index is 12.7. The summed E-state index contributed by atoms with van der Waals surface area (Å²) in [7, 11) is 1.22. The molecule has 0 aliphatic heterocycles. The van der Waals surface area contributed by atoms with Crippen LogP contribution < -0.4 is 0 Å². The maximum absolute atomic E-state index is 12.7. The topological polar surface area (TPSA) is 46.5 Å². The third kappa shape index (κ3) is 3.08. The minimum absolute atomic E-state index is 0.330. The van der Waals surface area contributed by atoms with Crippen LogP contribution in [0.25, 0.3) is 0 Å². The molecule has 0 saturated heterocycles. The fourth-order valence-electron chi connectivity index (χ4n) is 0.984. The summed E-state index contributed by atoms with van der Waals surface area (Å²) < 4.78 is 17.1. The van der Waals surface area contributed by atoms with Crippen LogP contribution in [0, 0.1) is 17.7 Å². The lowest BCUT2D eigenvalue weighted by Crippen LogP contribution is -1.96. The molecule has 0 heterocycles. The molecule has 0 saturated carbocycles. The molecular weight excluding hydrogens is 199 g/mol. The van der Waals surface area contributed by atoms with Crippen LogP contribution in [-0.2, 0) is 16.1 Å². The number of esters is 1. The van der Waals surface area contributed by atoms with Crippen molar-refractivity contribution in [2.45, 2.75) is 6.61 Å². The summed E-state index contributed by atoms with van der Waals surface area (Å²) in [6, 6.07) is 3.78. The second-order valence-electron chi connectivity index (χ2n) is 2.70. The van der Waals surface area contributed by atoms with E-state index in [1.54, 1.807) is 0 Å². The minimum atomic E-state index is -0.678. The van der Waals surface area contributed by atoms with Gasteiger partial charge in [-0.2, -0.15) is 0 Å². The van der Waals surface area contributed by atoms with Crippen molar-refractivity contribution >= 4 is 5.97 Å². The largest absolute Gasteiger partial charge is 0.459 e. The molecule has 0 atom stereocenters. The zero-order valence-corrected chi connectivity index (χ0v) is 8.08. The first-order chi connectivity index (χ1) is 7.17. The van der Waals surface area contributed by atoms with E-state index in [4.69, 9.17) is 5.11 Å². The first-order valence-corrected chi connectivity index (χ1v) is 4.16. The highest BCUT2D eigenvalue weighted by molar-refractivity contribution is 5.89. The molecule has 1 rings (SSSR count). The van der Waals surface area contributed by atoms with Gasteiger partial charge in [-0.15, -0.1) is 0 Å². The summed E-state index contributed by atoms with van der Waals surface area (Å²) >= 11 is 0. The highest BCUT2D eigenvalue weighted by Crippen LogP contribution is 2.09. The van der Waals surface area contributed by atoms with Gasteiger partial charge in [-0.25, -0.2) is 9.18 Å². The Morgan fingerprint density at radius 2 is 2.33 bits per heavy atom. The lowest BCUT2D eigenvalue weighted by Gasteiger charge is -1.99. The smallest absolute Gasteiger partial charge is 0.384 e. The molecule has 1 N–H and O–H groups in total. The fraction of sp³-hybridized carbons (Fsp3) is 0.182. The third-order valence-electron chi connectivity index (χ3n) is 1.72. The Kier molecular flexibility index (Phi) is 3.83. The van der Waals surface area contributed by atoms with Gasteiger partial charge in [0.15, 0.2) is 0 Å². The van der Waals surface area contributed by atoms with Gasteiger partial charge in [0.1, 0.15) is 5.82 Å². The van der Waals surface area contributed by atoms with E-state index < -0.39 is 11.8 Å². The molecule has 4 heteroatoms. The van der Waals surface area contributed by atoms with Crippen molar-refractivity contribution in [3.63, 3.8) is 0 Å². The second kappa shape index (κ2) is 5.13. The van der Waals surface area contributed by atoms with Crippen molar-refractivity contribution in [1.29, 1.82) is 0 Å². The molecule has 0 amide bonds. The van der Waals surface area contributed by atoms with E-state index in [2.05, 4.69) is 16.6 Å². The average Bonchev–Trinajstić information content (AvgIpc) is 2.26. The molecule has 0 spiro atoms. The van der Waals surface area contributed by atoms with Crippen molar-refractivity contribution in [1.82, 2.24) is 0 Å². The summed E-state index contributed by atoms with van der Waals surface area (Å²) in [5.41, 5.74) is 0.746. The van der Waals surface area contributed by atoms with E-state index in [-0.39, 0.29) is 6.61 Å². The number of hydrogen-bond donors (Lipinski definition) is 1. The molecular formula is C11H9FO3. The zero-order valence-electron chi connectivity index (χ0n) is 8.08. The second-order valence-corrected chi connectivity index (χ2v) is 2.70. The van der Waals surface area contributed by atoms with Crippen molar-refractivity contribution in [3.8, 4) is 11.8 Å². The molecule has 0 bridgehead atoms. The van der Waals surface area contributed by atoms with Crippen molar-refractivity contribution < 1.29 is 19.0 Å². The molecule has 0 fully saturated rings. The Labute approximate surface area is 86.5 Å². The first kappa shape index (κ1) is 11.2. The quantitative estimate of drug-likeness (QED) is 0.549. The normalized spacial score (nSPS) is 9.00. The Morgan fingerprint density at radius 3 is 2.93 bits per heavy atom. The summed E-state index contributed by atoms with van der Waals surface area (Å²) in [5, 5.41) is 8.91. The number of halogens is 1. The molecule has 1 aromatic carbocycles. The Balaban J connectivity index is 3.02. The van der Waals surface area contributed by atoms with Gasteiger partial charge in [0, 0.05) is 11.5 Å². The van der Waals surface area contributed by atoms with E-state index in [0.29, 0.717) is 11.1 Å². The van der Waals surface area contributed by atoms with E-state index in [0.717, 1.165) is 0 Å². The maximum Gasteiger partial charge on any atom is 0.384 e. The number of aliphatic hydroxyl groups is 1. The molecule has 0 aromatic heterocycles. The molecule has 78 valence electrons. The van der Waals surface area contributed by atoms with Crippen LogP contribution in [0.2, 0.25) is 0 Å². The van der Waals surface area contributed by atoms with Gasteiger partial charge < -0.3 is 9.84 Å². The van der Waals surface area contributed by atoms with Gasteiger partial charge in [-0.3, -0.25) is 0 Å². The lowest BCUT2D eigenvalue weighted by atomic mass is 10.1. The van der Waals surface area contributed by atoms with Crippen LogP contribution in [0.15, 0.2) is 18.2 Å². The van der Waals surface area contributed by atoms with Crippen molar-refractivity contribution in [3.05, 3.63) is 35.1 Å². The molecule has 0 unspecified atom stereocenters. The van der Waals surface area contributed by atoms with E-state index in [9.17, 15) is 9.18 Å². The van der Waals surface area contributed by atoms with Crippen molar-refractivity contribution in [2.75, 3.05) is 7.11 Å². The Bertz CT molecular complexity index is 429. The molecule has 15 heavy (non-hydrogen) atoms. The number of rotatable bonds is 1. The van der Waals surface area contributed by atoms with Crippen LogP contribution in [0.5, 0.6) is 0 Å². The zero-order chi connectivity index (χ0) is 11.3. The number of aliphatic hydroxyl groups excluding tert-OH is 1. The van der Waals surface area contributed by atoms with Crippen LogP contribution in [0.4, 0.5) is 4.39 Å². The van der Waals surface area contributed by atoms with E-state index in [1.165, 1.54) is 25.3 Å². The summed E-state index contributed by atoms with van der Waals surface area (Å²) in [5.74, 6) is 3.56. The Morgan fingerprint density at radius 1 is 1.60 bits per heavy atom. The van der Waals surface area contributed by atoms with Gasteiger partial charge in [-0.05, 0) is 23.8 Å². The lowest BCUT2D eigenvalue weighted by molar-refractivity contribution is -0.133. The minimum Gasteiger partial charge on any atom is -0.459 e. The number of carbonyl (C=O) groups excluding carboxylic acids is 1. The number of carbonyl (C=O) groups is 1. The van der Waals surface area contributed by atoms with Gasteiger partial charge in [0.25, 0.3) is 0 Å². The molecule has 0 aliphatic carbocycles. The van der Waals surface area contributed by atoms with Gasteiger partial charge >= 0.3 is 5.97 Å². The fourth-order valence-corrected chi connectivity index (χ4v) is 0.984. The standard InChI is InChI=1S/C11H9FO3/c1-15-11(14)5-3-8-2-4-10(12)6-9(8)7-13/h2,4,6,13H,7H2,1H3. The number of benzene rings is 1. The van der Waals surface area contributed by atoms with Gasteiger partial charge in [0.05, 0.1) is 13.7 Å². The summed E-state index contributed by atoms with van der Waals surface area (Å²) in [6.07, 6.45) is 0. The van der Waals surface area contributed by atoms with Crippen LogP contribution in [0.1, 0.15) is 11.1 Å². The predicted octanol–water partition coefficient (Wildman–Crippen LogP) is 0.843. The Hall–Kier alpha value is -1.86. The first-order valence-electron chi connectivity index (χ1n) is 4.16. The molecule has 1 aromatic rings. The van der Waals surface area contributed by atoms with Crippen LogP contribution in [0.3, 0.4) is 0 Å². The number of hydrogen-bond acceptors (Lipinski definition) is 3. The van der Waals surface area contributed by atoms with Gasteiger partial charge in [0.2, 0.25) is 0 Å². The third-order valence-corrected chi connectivity index (χ3v) is 1.72. The summed E-state index contributed by atoms with van der Waals surface area (Å²) in [6.45, 7) is -0.330. The van der Waals surface area contributed by atoms with E-state index >= 15 is 0 Å². The van der Waals surface area contributed by atoms with Crippen LogP contribution >= 0.6 is 0 Å². The number of methoxy groups -OCH3 is 1. The highest BCUT2D eigenvalue weighted by Gasteiger charge is 2.01. The highest BCUT2D eigenvalue weighted by atomic mass is 19.1. The molecule has 3 nitrogen and oxygen atoms in total. The van der Waals surface area contributed by atoms with Crippen LogP contribution in [-0.4, -0.2) is 18.2 Å². The number of ether oxygens (including phenoxy) is 1. The van der Waals surface area contributed by atoms with Gasteiger partial charge in [-0.1, -0.05) is 5.92 Å². The predicted molar refractivity (Wildman–Crippen MR) is 51.2 cm³/mol. The van der Waals surface area contributed by atoms with E-state index in [1.807, 2.05) is 0 Å². The van der Waals surface area contributed by atoms with Crippen molar-refractivity contribution in [2.24, 2.45) is 0 Å². The summed E-state index contributed by atoms with van der Waals surface area (Å²) in [4.78, 5) is 10.7. The monoisotopic (exact) mass is 208 g/mol. The molecule has 0 aliphatic rings. The SMILES string of the molecule is COC(=O)C#Cc1ccc(F)cc1CO. The average molecular weight is 208 g/mol. The molecule has 0 radical (unpaired) electrons.